The molecule has 1 aliphatic rings. The molecule has 0 spiro atoms. The Morgan fingerprint density at radius 2 is 1.80 bits per heavy atom. The highest BCUT2D eigenvalue weighted by Gasteiger charge is 2.18. The van der Waals surface area contributed by atoms with Gasteiger partial charge in [0.15, 0.2) is 0 Å². The van der Waals surface area contributed by atoms with E-state index in [9.17, 15) is 5.11 Å². The minimum Gasteiger partial charge on any atom is -0.384 e. The van der Waals surface area contributed by atoms with Crippen LogP contribution in [0.5, 0.6) is 0 Å². The number of aliphatic hydroxyl groups excluding tert-OH is 1. The fourth-order valence-electron chi connectivity index (χ4n) is 2.64. The molecule has 1 atom stereocenters. The van der Waals surface area contributed by atoms with Gasteiger partial charge >= 0.3 is 0 Å². The van der Waals surface area contributed by atoms with E-state index in [4.69, 9.17) is 4.74 Å². The minimum absolute atomic E-state index is 0.590. The predicted octanol–water partition coefficient (Wildman–Crippen LogP) is 4.18. The first-order chi connectivity index (χ1) is 9.56. The number of benzene rings is 2. The van der Waals surface area contributed by atoms with E-state index in [1.165, 1.54) is 11.1 Å². The molecule has 0 fully saturated rings. The van der Waals surface area contributed by atoms with Gasteiger partial charge in [0.05, 0.1) is 13.2 Å². The molecule has 2 aromatic rings. The second-order valence-electron chi connectivity index (χ2n) is 5.38. The Kier molecular flexibility index (Phi) is 3.67. The van der Waals surface area contributed by atoms with E-state index in [1.807, 2.05) is 26.0 Å². The van der Waals surface area contributed by atoms with E-state index in [0.29, 0.717) is 13.2 Å². The van der Waals surface area contributed by atoms with Crippen LogP contribution in [0.15, 0.2) is 34.8 Å². The lowest BCUT2D eigenvalue weighted by Crippen LogP contribution is -2.04. The fourth-order valence-corrected chi connectivity index (χ4v) is 3.10. The Labute approximate surface area is 127 Å². The van der Waals surface area contributed by atoms with E-state index in [1.54, 1.807) is 0 Å². The van der Waals surface area contributed by atoms with Gasteiger partial charge in [-0.3, -0.25) is 0 Å². The number of halogens is 1. The molecule has 104 valence electrons. The van der Waals surface area contributed by atoms with Gasteiger partial charge in [0.1, 0.15) is 6.10 Å². The van der Waals surface area contributed by atoms with Crippen LogP contribution in [0, 0.1) is 13.8 Å². The van der Waals surface area contributed by atoms with Crippen molar-refractivity contribution < 1.29 is 9.84 Å². The van der Waals surface area contributed by atoms with Gasteiger partial charge in [0.2, 0.25) is 0 Å². The lowest BCUT2D eigenvalue weighted by atomic mass is 9.94. The molecule has 3 heteroatoms. The minimum atomic E-state index is -0.590. The number of ether oxygens (including phenoxy) is 1. The maximum Gasteiger partial charge on any atom is 0.104 e. The summed E-state index contributed by atoms with van der Waals surface area (Å²) < 4.78 is 6.50. The molecule has 0 saturated heterocycles. The van der Waals surface area contributed by atoms with Gasteiger partial charge in [-0.2, -0.15) is 0 Å². The van der Waals surface area contributed by atoms with Gasteiger partial charge in [-0.25, -0.2) is 0 Å². The Bertz CT molecular complexity index is 664. The van der Waals surface area contributed by atoms with Crippen LogP contribution < -0.4 is 0 Å². The van der Waals surface area contributed by atoms with Crippen LogP contribution in [0.2, 0.25) is 0 Å². The van der Waals surface area contributed by atoms with Gasteiger partial charge in [-0.15, -0.1) is 0 Å². The summed E-state index contributed by atoms with van der Waals surface area (Å²) in [6.45, 7) is 5.39. The normalized spacial score (nSPS) is 15.2. The number of fused-ring (bicyclic) bond motifs is 1. The van der Waals surface area contributed by atoms with E-state index in [0.717, 1.165) is 26.7 Å². The maximum absolute atomic E-state index is 10.7. The van der Waals surface area contributed by atoms with E-state index < -0.39 is 6.10 Å². The summed E-state index contributed by atoms with van der Waals surface area (Å²) in [5, 5.41) is 10.7. The second-order valence-corrected chi connectivity index (χ2v) is 6.24. The van der Waals surface area contributed by atoms with Gasteiger partial charge in [-0.1, -0.05) is 40.2 Å². The Balaban J connectivity index is 2.00. The first kappa shape index (κ1) is 13.8. The number of hydrogen-bond acceptors (Lipinski definition) is 2. The highest BCUT2D eigenvalue weighted by atomic mass is 79.9. The molecule has 20 heavy (non-hydrogen) atoms. The van der Waals surface area contributed by atoms with E-state index in [2.05, 4.69) is 34.1 Å². The molecule has 0 bridgehead atoms. The molecular weight excluding hydrogens is 316 g/mol. The van der Waals surface area contributed by atoms with Crippen LogP contribution >= 0.6 is 15.9 Å². The molecule has 2 aromatic carbocycles. The zero-order valence-electron chi connectivity index (χ0n) is 11.6. The zero-order chi connectivity index (χ0) is 14.3. The smallest absolute Gasteiger partial charge is 0.104 e. The van der Waals surface area contributed by atoms with Crippen molar-refractivity contribution in [3.8, 4) is 0 Å². The van der Waals surface area contributed by atoms with Gasteiger partial charge in [-0.05, 0) is 53.3 Å². The van der Waals surface area contributed by atoms with Crippen molar-refractivity contribution in [3.63, 3.8) is 0 Å². The third-order valence-corrected chi connectivity index (χ3v) is 4.76. The summed E-state index contributed by atoms with van der Waals surface area (Å²) in [4.78, 5) is 0. The van der Waals surface area contributed by atoms with Crippen molar-refractivity contribution in [2.75, 3.05) is 0 Å². The standard InChI is InChI=1S/C17H17BrO2/c1-10-6-16(18)11(2)5-15(10)17(19)12-3-4-13-8-20-9-14(13)7-12/h3-7,17,19H,8-9H2,1-2H3. The lowest BCUT2D eigenvalue weighted by molar-refractivity contribution is 0.134. The number of aryl methyl sites for hydroxylation is 2. The summed E-state index contributed by atoms with van der Waals surface area (Å²) in [7, 11) is 0. The summed E-state index contributed by atoms with van der Waals surface area (Å²) in [6, 6.07) is 10.2. The molecule has 0 saturated carbocycles. The SMILES string of the molecule is Cc1cc(C(O)c2ccc3c(c2)COC3)c(C)cc1Br. The number of rotatable bonds is 2. The Hall–Kier alpha value is -1.16. The van der Waals surface area contributed by atoms with Crippen LogP contribution in [0.3, 0.4) is 0 Å². The first-order valence-corrected chi connectivity index (χ1v) is 7.49. The number of aliphatic hydroxyl groups is 1. The van der Waals surface area contributed by atoms with Gasteiger partial charge in [0.25, 0.3) is 0 Å². The predicted molar refractivity (Wildman–Crippen MR) is 82.6 cm³/mol. The van der Waals surface area contributed by atoms with E-state index in [-0.39, 0.29) is 0 Å². The monoisotopic (exact) mass is 332 g/mol. The first-order valence-electron chi connectivity index (χ1n) is 6.70. The van der Waals surface area contributed by atoms with Crippen molar-refractivity contribution in [2.24, 2.45) is 0 Å². The van der Waals surface area contributed by atoms with Crippen LogP contribution in [-0.4, -0.2) is 5.11 Å². The quantitative estimate of drug-likeness (QED) is 0.893. The summed E-state index contributed by atoms with van der Waals surface area (Å²) in [6.07, 6.45) is -0.590. The fraction of sp³-hybridized carbons (Fsp3) is 0.294. The van der Waals surface area contributed by atoms with Gasteiger partial charge in [0, 0.05) is 4.47 Å². The molecule has 0 amide bonds. The third kappa shape index (κ3) is 2.41. The average Bonchev–Trinajstić information content (AvgIpc) is 2.89. The van der Waals surface area contributed by atoms with Crippen LogP contribution in [-0.2, 0) is 18.0 Å². The van der Waals surface area contributed by atoms with Crippen molar-refractivity contribution in [1.82, 2.24) is 0 Å². The third-order valence-electron chi connectivity index (χ3n) is 3.90. The van der Waals surface area contributed by atoms with Gasteiger partial charge < -0.3 is 9.84 Å². The van der Waals surface area contributed by atoms with Crippen molar-refractivity contribution >= 4 is 15.9 Å². The largest absolute Gasteiger partial charge is 0.384 e. The lowest BCUT2D eigenvalue weighted by Gasteiger charge is -2.16. The molecule has 1 aliphatic heterocycles. The van der Waals surface area contributed by atoms with E-state index >= 15 is 0 Å². The summed E-state index contributed by atoms with van der Waals surface area (Å²) in [5.74, 6) is 0. The molecule has 2 nitrogen and oxygen atoms in total. The highest BCUT2D eigenvalue weighted by Crippen LogP contribution is 2.31. The van der Waals surface area contributed by atoms with Crippen molar-refractivity contribution in [1.29, 1.82) is 0 Å². The Morgan fingerprint density at radius 1 is 1.05 bits per heavy atom. The summed E-state index contributed by atoms with van der Waals surface area (Å²) in [5.41, 5.74) is 6.53. The molecule has 1 unspecified atom stereocenters. The molecule has 0 aromatic heterocycles. The molecule has 0 radical (unpaired) electrons. The zero-order valence-corrected chi connectivity index (χ0v) is 13.2. The Morgan fingerprint density at radius 3 is 2.60 bits per heavy atom. The highest BCUT2D eigenvalue weighted by molar-refractivity contribution is 9.10. The van der Waals surface area contributed by atoms with Crippen molar-refractivity contribution in [2.45, 2.75) is 33.2 Å². The maximum atomic E-state index is 10.7. The molecule has 1 N–H and O–H groups in total. The summed E-state index contributed by atoms with van der Waals surface area (Å²) >= 11 is 3.53. The van der Waals surface area contributed by atoms with Crippen LogP contribution in [0.4, 0.5) is 0 Å². The average molecular weight is 333 g/mol. The van der Waals surface area contributed by atoms with Crippen molar-refractivity contribution in [3.05, 3.63) is 68.2 Å². The molecule has 1 heterocycles. The molecule has 3 rings (SSSR count). The molecular formula is C17H17BrO2. The number of hydrogen-bond donors (Lipinski definition) is 1. The molecule has 0 aliphatic carbocycles. The van der Waals surface area contributed by atoms with Crippen LogP contribution in [0.25, 0.3) is 0 Å². The van der Waals surface area contributed by atoms with Crippen LogP contribution in [0.1, 0.15) is 39.5 Å². The topological polar surface area (TPSA) is 29.5 Å². The second kappa shape index (κ2) is 5.32.